The first-order valence-corrected chi connectivity index (χ1v) is 8.94. The molecule has 0 aliphatic carbocycles. The lowest BCUT2D eigenvalue weighted by Gasteiger charge is -2.07. The first kappa shape index (κ1) is 20.1. The molecule has 0 bridgehead atoms. The molecule has 0 fully saturated rings. The summed E-state index contributed by atoms with van der Waals surface area (Å²) < 4.78 is 32.9. The molecule has 0 aliphatic rings. The number of aliphatic hydroxyl groups excluding tert-OH is 1. The Balaban J connectivity index is 2.08. The second-order valence-corrected chi connectivity index (χ2v) is 6.68. The highest BCUT2D eigenvalue weighted by molar-refractivity contribution is 9.10. The molecular formula is C17H16BrF2N5O3. The Labute approximate surface area is 166 Å². The lowest BCUT2D eigenvalue weighted by Crippen LogP contribution is -2.06. The van der Waals surface area contributed by atoms with E-state index in [4.69, 9.17) is 9.84 Å². The molecule has 0 radical (unpaired) electrons. The predicted octanol–water partition coefficient (Wildman–Crippen LogP) is 2.91. The molecule has 148 valence electrons. The number of hydrogen-bond acceptors (Lipinski definition) is 6. The van der Waals surface area contributed by atoms with Gasteiger partial charge in [-0.3, -0.25) is 4.79 Å². The Bertz CT molecular complexity index is 1020. The van der Waals surface area contributed by atoms with Crippen molar-refractivity contribution in [2.75, 3.05) is 13.7 Å². The van der Waals surface area contributed by atoms with E-state index in [-0.39, 0.29) is 41.4 Å². The van der Waals surface area contributed by atoms with Crippen LogP contribution in [0.25, 0.3) is 11.5 Å². The summed E-state index contributed by atoms with van der Waals surface area (Å²) in [6.45, 7) is 1.45. The van der Waals surface area contributed by atoms with Crippen molar-refractivity contribution in [1.82, 2.24) is 25.2 Å². The van der Waals surface area contributed by atoms with E-state index in [1.807, 2.05) is 0 Å². The van der Waals surface area contributed by atoms with Gasteiger partial charge in [0.25, 0.3) is 6.43 Å². The minimum absolute atomic E-state index is 0.0582. The quantitative estimate of drug-likeness (QED) is 0.530. The Hall–Kier alpha value is -2.66. The number of aliphatic hydroxyl groups is 1. The minimum Gasteiger partial charge on any atom is -0.496 e. The van der Waals surface area contributed by atoms with Gasteiger partial charge in [0.05, 0.1) is 41.7 Å². The molecule has 0 unspecified atom stereocenters. The Kier molecular flexibility index (Phi) is 5.84. The van der Waals surface area contributed by atoms with Gasteiger partial charge in [0, 0.05) is 5.56 Å². The normalized spacial score (nSPS) is 11.2. The number of nitrogens with one attached hydrogen (secondary N) is 1. The van der Waals surface area contributed by atoms with Gasteiger partial charge in [-0.05, 0) is 51.8 Å². The summed E-state index contributed by atoms with van der Waals surface area (Å²) in [5.41, 5.74) is 0.0369. The molecule has 2 heterocycles. The van der Waals surface area contributed by atoms with Crippen molar-refractivity contribution in [3.8, 4) is 17.3 Å². The van der Waals surface area contributed by atoms with Gasteiger partial charge < -0.3 is 14.8 Å². The van der Waals surface area contributed by atoms with Gasteiger partial charge in [-0.15, -0.1) is 10.2 Å². The minimum atomic E-state index is -2.90. The summed E-state index contributed by atoms with van der Waals surface area (Å²) in [5.74, 6) is 0.00558. The summed E-state index contributed by atoms with van der Waals surface area (Å²) >= 11 is 3.29. The number of methoxy groups -OCH3 is 1. The van der Waals surface area contributed by atoms with Crippen molar-refractivity contribution < 1.29 is 23.4 Å². The number of ketones is 1. The van der Waals surface area contributed by atoms with Crippen molar-refractivity contribution in [2.24, 2.45) is 0 Å². The number of ether oxygens (including phenoxy) is 1. The van der Waals surface area contributed by atoms with E-state index >= 15 is 0 Å². The largest absolute Gasteiger partial charge is 0.496 e. The van der Waals surface area contributed by atoms with E-state index in [9.17, 15) is 13.6 Å². The van der Waals surface area contributed by atoms with Gasteiger partial charge in [-0.25, -0.2) is 8.78 Å². The standard InChI is InChI=1S/C17H16BrF2N5O3/c1-8-12(15(27)9-3-4-11(28-2)10(18)7-9)14(16(19)20)21-13(8)17-22-24-25(23-17)5-6-26/h3-4,7,16,21,26H,5-6H2,1-2H3. The third kappa shape index (κ3) is 3.67. The second kappa shape index (κ2) is 8.15. The molecular weight excluding hydrogens is 440 g/mol. The number of rotatable bonds is 7. The van der Waals surface area contributed by atoms with Crippen LogP contribution in [-0.2, 0) is 6.54 Å². The SMILES string of the molecule is COc1ccc(C(=O)c2c(C(F)F)[nH]c(-c3nnn(CCO)n3)c2C)cc1Br. The van der Waals surface area contributed by atoms with E-state index in [1.165, 1.54) is 26.2 Å². The molecule has 2 aromatic heterocycles. The molecule has 11 heteroatoms. The maximum Gasteiger partial charge on any atom is 0.279 e. The smallest absolute Gasteiger partial charge is 0.279 e. The van der Waals surface area contributed by atoms with Crippen molar-refractivity contribution in [3.63, 3.8) is 0 Å². The number of alkyl halides is 2. The Morgan fingerprint density at radius 1 is 1.43 bits per heavy atom. The molecule has 3 rings (SSSR count). The molecule has 1 aromatic carbocycles. The van der Waals surface area contributed by atoms with Crippen LogP contribution < -0.4 is 4.74 Å². The zero-order chi connectivity index (χ0) is 20.4. The number of aromatic nitrogens is 5. The van der Waals surface area contributed by atoms with Crippen LogP contribution in [0.15, 0.2) is 22.7 Å². The zero-order valence-corrected chi connectivity index (χ0v) is 16.5. The van der Waals surface area contributed by atoms with E-state index in [1.54, 1.807) is 6.07 Å². The lowest BCUT2D eigenvalue weighted by molar-refractivity contribution is 0.102. The molecule has 0 atom stereocenters. The number of halogens is 3. The highest BCUT2D eigenvalue weighted by atomic mass is 79.9. The number of tetrazole rings is 1. The molecule has 3 aromatic rings. The Morgan fingerprint density at radius 3 is 2.79 bits per heavy atom. The van der Waals surface area contributed by atoms with Crippen LogP contribution in [0.3, 0.4) is 0 Å². The predicted molar refractivity (Wildman–Crippen MR) is 98.5 cm³/mol. The van der Waals surface area contributed by atoms with Crippen LogP contribution in [0.2, 0.25) is 0 Å². The van der Waals surface area contributed by atoms with Crippen LogP contribution in [0, 0.1) is 6.92 Å². The average Bonchev–Trinajstić information content (AvgIpc) is 3.25. The Morgan fingerprint density at radius 2 is 2.18 bits per heavy atom. The number of aromatic amines is 1. The first-order valence-electron chi connectivity index (χ1n) is 8.15. The molecule has 28 heavy (non-hydrogen) atoms. The van der Waals surface area contributed by atoms with Crippen molar-refractivity contribution in [1.29, 1.82) is 0 Å². The second-order valence-electron chi connectivity index (χ2n) is 5.83. The topological polar surface area (TPSA) is 106 Å². The van der Waals surface area contributed by atoms with Gasteiger partial charge in [-0.2, -0.15) is 4.80 Å². The van der Waals surface area contributed by atoms with Crippen LogP contribution in [0.4, 0.5) is 8.78 Å². The average molecular weight is 456 g/mol. The third-order valence-corrected chi connectivity index (χ3v) is 4.73. The van der Waals surface area contributed by atoms with Crippen LogP contribution in [0.5, 0.6) is 5.75 Å². The fourth-order valence-corrected chi connectivity index (χ4v) is 3.32. The number of carbonyl (C=O) groups is 1. The molecule has 0 amide bonds. The maximum absolute atomic E-state index is 13.6. The van der Waals surface area contributed by atoms with Gasteiger partial charge in [0.1, 0.15) is 5.75 Å². The molecule has 2 N–H and O–H groups in total. The summed E-state index contributed by atoms with van der Waals surface area (Å²) in [5, 5.41) is 20.5. The molecule has 0 saturated heterocycles. The van der Waals surface area contributed by atoms with E-state index < -0.39 is 17.9 Å². The van der Waals surface area contributed by atoms with Crippen LogP contribution in [0.1, 0.15) is 33.6 Å². The third-order valence-electron chi connectivity index (χ3n) is 4.11. The van der Waals surface area contributed by atoms with Gasteiger partial charge >= 0.3 is 0 Å². The first-order chi connectivity index (χ1) is 13.4. The van der Waals surface area contributed by atoms with E-state index in [0.29, 0.717) is 10.2 Å². The molecule has 8 nitrogen and oxygen atoms in total. The molecule has 0 saturated carbocycles. The zero-order valence-electron chi connectivity index (χ0n) is 14.9. The van der Waals surface area contributed by atoms with Crippen LogP contribution >= 0.6 is 15.9 Å². The van der Waals surface area contributed by atoms with Crippen LogP contribution in [-0.4, -0.2) is 49.8 Å². The van der Waals surface area contributed by atoms with Gasteiger partial charge in [0.2, 0.25) is 5.82 Å². The molecule has 0 aliphatic heterocycles. The molecule has 0 spiro atoms. The monoisotopic (exact) mass is 455 g/mol. The fourth-order valence-electron chi connectivity index (χ4n) is 2.78. The number of nitrogens with zero attached hydrogens (tertiary/aromatic N) is 4. The van der Waals surface area contributed by atoms with Gasteiger partial charge in [-0.1, -0.05) is 0 Å². The van der Waals surface area contributed by atoms with Crippen molar-refractivity contribution >= 4 is 21.7 Å². The van der Waals surface area contributed by atoms with Crippen molar-refractivity contribution in [2.45, 2.75) is 19.9 Å². The maximum atomic E-state index is 13.6. The summed E-state index contributed by atoms with van der Waals surface area (Å²) in [7, 11) is 1.48. The summed E-state index contributed by atoms with van der Waals surface area (Å²) in [6.07, 6.45) is -2.90. The van der Waals surface area contributed by atoms with E-state index in [2.05, 4.69) is 36.3 Å². The van der Waals surface area contributed by atoms with Gasteiger partial charge in [0.15, 0.2) is 5.78 Å². The highest BCUT2D eigenvalue weighted by Crippen LogP contribution is 2.34. The lowest BCUT2D eigenvalue weighted by atomic mass is 9.99. The number of H-pyrrole nitrogens is 1. The van der Waals surface area contributed by atoms with E-state index in [0.717, 1.165) is 4.80 Å². The summed E-state index contributed by atoms with van der Waals surface area (Å²) in [6, 6.07) is 4.59. The number of benzene rings is 1. The van der Waals surface area contributed by atoms with Crippen molar-refractivity contribution in [3.05, 3.63) is 45.1 Å². The number of carbonyl (C=O) groups excluding carboxylic acids is 1. The number of hydrogen-bond donors (Lipinski definition) is 2. The summed E-state index contributed by atoms with van der Waals surface area (Å²) in [4.78, 5) is 16.7. The highest BCUT2D eigenvalue weighted by Gasteiger charge is 2.28. The fraction of sp³-hybridized carbons (Fsp3) is 0.294.